The molecule has 25 heavy (non-hydrogen) atoms. The van der Waals surface area contributed by atoms with Crippen molar-refractivity contribution < 1.29 is 21.6 Å². The maximum Gasteiger partial charge on any atom is 0.244 e. The van der Waals surface area contributed by atoms with E-state index in [0.717, 1.165) is 0 Å². The minimum Gasteiger partial charge on any atom is -0.495 e. The Morgan fingerprint density at radius 1 is 1.16 bits per heavy atom. The molecule has 3 rings (SSSR count). The first-order valence-corrected chi connectivity index (χ1v) is 11.7. The third-order valence-corrected chi connectivity index (χ3v) is 8.25. The molecule has 140 valence electrons. The fraction of sp³-hybridized carbons (Fsp3) is 0.625. The maximum atomic E-state index is 12.6. The van der Waals surface area contributed by atoms with E-state index in [1.807, 2.05) is 0 Å². The summed E-state index contributed by atoms with van der Waals surface area (Å²) in [5.74, 6) is 0.812. The fourth-order valence-corrected chi connectivity index (χ4v) is 6.81. The first-order chi connectivity index (χ1) is 11.8. The van der Waals surface area contributed by atoms with Crippen LogP contribution in [0.1, 0.15) is 19.3 Å². The summed E-state index contributed by atoms with van der Waals surface area (Å²) in [5.41, 5.74) is 0. The van der Waals surface area contributed by atoms with Gasteiger partial charge in [0.2, 0.25) is 10.0 Å². The predicted molar refractivity (Wildman–Crippen MR) is 95.0 cm³/mol. The molecule has 0 spiro atoms. The van der Waals surface area contributed by atoms with Crippen LogP contribution in [0, 0.1) is 0 Å². The Kier molecular flexibility index (Phi) is 5.38. The molecule has 2 saturated heterocycles. The first-order valence-electron chi connectivity index (χ1n) is 8.40. The minimum atomic E-state index is -3.65. The number of methoxy groups -OCH3 is 1. The number of hydrogen-bond donors (Lipinski definition) is 1. The second kappa shape index (κ2) is 7.22. The lowest BCUT2D eigenvalue weighted by Crippen LogP contribution is -2.48. The third kappa shape index (κ3) is 4.33. The van der Waals surface area contributed by atoms with E-state index in [0.29, 0.717) is 38.1 Å². The van der Waals surface area contributed by atoms with Gasteiger partial charge in [0, 0.05) is 12.1 Å². The SMILES string of the molecule is COc1ccccc1S(=O)(=O)NC1CCN([C@@H]2CCS(=O)(=O)C2)CC1. The molecule has 2 aliphatic heterocycles. The number of nitrogens with one attached hydrogen (secondary N) is 1. The average Bonchev–Trinajstić information content (AvgIpc) is 2.95. The van der Waals surface area contributed by atoms with Crippen molar-refractivity contribution >= 4 is 19.9 Å². The van der Waals surface area contributed by atoms with Crippen LogP contribution in [0.4, 0.5) is 0 Å². The van der Waals surface area contributed by atoms with Crippen LogP contribution in [0.25, 0.3) is 0 Å². The van der Waals surface area contributed by atoms with Crippen molar-refractivity contribution in [3.63, 3.8) is 0 Å². The van der Waals surface area contributed by atoms with E-state index in [-0.39, 0.29) is 28.5 Å². The van der Waals surface area contributed by atoms with Gasteiger partial charge in [-0.25, -0.2) is 21.6 Å². The molecule has 7 nitrogen and oxygen atoms in total. The van der Waals surface area contributed by atoms with Crippen molar-refractivity contribution in [2.75, 3.05) is 31.7 Å². The number of sulfonamides is 1. The van der Waals surface area contributed by atoms with Gasteiger partial charge in [0.1, 0.15) is 10.6 Å². The number of rotatable bonds is 5. The van der Waals surface area contributed by atoms with Gasteiger partial charge in [-0.2, -0.15) is 0 Å². The molecular formula is C16H24N2O5S2. The van der Waals surface area contributed by atoms with Gasteiger partial charge < -0.3 is 4.74 Å². The summed E-state index contributed by atoms with van der Waals surface area (Å²) in [6.45, 7) is 1.42. The summed E-state index contributed by atoms with van der Waals surface area (Å²) in [6.07, 6.45) is 2.02. The van der Waals surface area contributed by atoms with Crippen LogP contribution in [-0.2, 0) is 19.9 Å². The molecular weight excluding hydrogens is 364 g/mol. The maximum absolute atomic E-state index is 12.6. The molecule has 0 saturated carbocycles. The van der Waals surface area contributed by atoms with E-state index in [1.165, 1.54) is 13.2 Å². The highest BCUT2D eigenvalue weighted by molar-refractivity contribution is 7.91. The van der Waals surface area contributed by atoms with Gasteiger partial charge in [0.25, 0.3) is 0 Å². The van der Waals surface area contributed by atoms with Crippen molar-refractivity contribution in [2.24, 2.45) is 0 Å². The van der Waals surface area contributed by atoms with Crippen molar-refractivity contribution in [1.82, 2.24) is 9.62 Å². The van der Waals surface area contributed by atoms with Crippen LogP contribution in [0.2, 0.25) is 0 Å². The summed E-state index contributed by atoms with van der Waals surface area (Å²) < 4.78 is 56.4. The highest BCUT2D eigenvalue weighted by atomic mass is 32.2. The molecule has 0 radical (unpaired) electrons. The number of ether oxygens (including phenoxy) is 1. The monoisotopic (exact) mass is 388 g/mol. The number of piperidine rings is 1. The molecule has 1 aromatic rings. The molecule has 9 heteroatoms. The van der Waals surface area contributed by atoms with Crippen LogP contribution >= 0.6 is 0 Å². The lowest BCUT2D eigenvalue weighted by molar-refractivity contribution is 0.161. The molecule has 1 aromatic carbocycles. The molecule has 1 atom stereocenters. The van der Waals surface area contributed by atoms with Crippen LogP contribution in [0.3, 0.4) is 0 Å². The normalized spacial score (nSPS) is 25.1. The van der Waals surface area contributed by atoms with Gasteiger partial charge in [0.15, 0.2) is 9.84 Å². The molecule has 0 aromatic heterocycles. The molecule has 2 aliphatic rings. The van der Waals surface area contributed by atoms with Crippen LogP contribution < -0.4 is 9.46 Å². The van der Waals surface area contributed by atoms with E-state index in [4.69, 9.17) is 4.74 Å². The Labute approximate surface area is 149 Å². The van der Waals surface area contributed by atoms with Crippen LogP contribution in [0.15, 0.2) is 29.2 Å². The Hall–Kier alpha value is -1.16. The number of sulfone groups is 1. The second-order valence-electron chi connectivity index (χ2n) is 6.64. The first kappa shape index (κ1) is 18.6. The number of nitrogens with zero attached hydrogens (tertiary/aromatic N) is 1. The van der Waals surface area contributed by atoms with Crippen molar-refractivity contribution in [2.45, 2.75) is 36.2 Å². The molecule has 2 fully saturated rings. The Morgan fingerprint density at radius 3 is 2.44 bits per heavy atom. The zero-order valence-corrected chi connectivity index (χ0v) is 15.9. The molecule has 1 N–H and O–H groups in total. The zero-order valence-electron chi connectivity index (χ0n) is 14.2. The Balaban J connectivity index is 1.60. The Morgan fingerprint density at radius 2 is 1.84 bits per heavy atom. The number of likely N-dealkylation sites (tertiary alicyclic amines) is 1. The Bertz CT molecular complexity index is 815. The topological polar surface area (TPSA) is 92.8 Å². The van der Waals surface area contributed by atoms with E-state index in [2.05, 4.69) is 9.62 Å². The van der Waals surface area contributed by atoms with E-state index in [1.54, 1.807) is 18.2 Å². The van der Waals surface area contributed by atoms with Gasteiger partial charge in [-0.15, -0.1) is 0 Å². The van der Waals surface area contributed by atoms with Gasteiger partial charge in [-0.05, 0) is 44.5 Å². The van der Waals surface area contributed by atoms with Gasteiger partial charge >= 0.3 is 0 Å². The zero-order chi connectivity index (χ0) is 18.1. The van der Waals surface area contributed by atoms with E-state index < -0.39 is 19.9 Å². The predicted octanol–water partition coefficient (Wildman–Crippen LogP) is 0.625. The summed E-state index contributed by atoms with van der Waals surface area (Å²) in [4.78, 5) is 2.32. The van der Waals surface area contributed by atoms with Crippen LogP contribution in [0.5, 0.6) is 5.75 Å². The summed E-state index contributed by atoms with van der Waals surface area (Å²) >= 11 is 0. The van der Waals surface area contributed by atoms with Crippen molar-refractivity contribution in [3.05, 3.63) is 24.3 Å². The highest BCUT2D eigenvalue weighted by Crippen LogP contribution is 2.25. The summed E-state index contributed by atoms with van der Waals surface area (Å²) in [7, 11) is -5.10. The average molecular weight is 389 g/mol. The van der Waals surface area contributed by atoms with Gasteiger partial charge in [-0.1, -0.05) is 12.1 Å². The van der Waals surface area contributed by atoms with Crippen LogP contribution in [-0.4, -0.2) is 65.5 Å². The smallest absolute Gasteiger partial charge is 0.244 e. The van der Waals surface area contributed by atoms with Crippen molar-refractivity contribution in [1.29, 1.82) is 0 Å². The van der Waals surface area contributed by atoms with Gasteiger partial charge in [0.05, 0.1) is 18.6 Å². The summed E-state index contributed by atoms with van der Waals surface area (Å²) in [6, 6.07) is 6.48. The largest absolute Gasteiger partial charge is 0.495 e. The lowest BCUT2D eigenvalue weighted by atomic mass is 10.0. The second-order valence-corrected chi connectivity index (χ2v) is 10.6. The number of hydrogen-bond acceptors (Lipinski definition) is 6. The minimum absolute atomic E-state index is 0.0803. The van der Waals surface area contributed by atoms with Gasteiger partial charge in [-0.3, -0.25) is 4.90 Å². The molecule has 0 bridgehead atoms. The molecule has 0 unspecified atom stereocenters. The molecule has 0 aliphatic carbocycles. The standard InChI is InChI=1S/C16H24N2O5S2/c1-23-15-4-2-3-5-16(15)25(21,22)17-13-6-9-18(10-7-13)14-8-11-24(19,20)12-14/h2-5,13-14,17H,6-12H2,1H3/t14-/m1/s1. The third-order valence-electron chi connectivity index (χ3n) is 4.93. The quantitative estimate of drug-likeness (QED) is 0.795. The number of para-hydroxylation sites is 1. The molecule has 2 heterocycles. The van der Waals surface area contributed by atoms with E-state index >= 15 is 0 Å². The molecule has 0 amide bonds. The van der Waals surface area contributed by atoms with E-state index in [9.17, 15) is 16.8 Å². The fourth-order valence-electron chi connectivity index (χ4n) is 3.57. The van der Waals surface area contributed by atoms with Crippen molar-refractivity contribution in [3.8, 4) is 5.75 Å². The highest BCUT2D eigenvalue weighted by Gasteiger charge is 2.35. The summed E-state index contributed by atoms with van der Waals surface area (Å²) in [5, 5.41) is 0. The lowest BCUT2D eigenvalue weighted by Gasteiger charge is -2.35. The number of benzene rings is 1.